The molecule has 0 atom stereocenters. The van der Waals surface area contributed by atoms with Crippen molar-refractivity contribution < 1.29 is 18.9 Å². The van der Waals surface area contributed by atoms with Crippen molar-refractivity contribution in [3.05, 3.63) is 48.2 Å². The SMILES string of the molecule is COc1ccc(COc2ncc3c(OC(C)C)cccc3n2)c(OC)c1. The van der Waals surface area contributed by atoms with E-state index < -0.39 is 0 Å². The lowest BCUT2D eigenvalue weighted by atomic mass is 10.2. The molecule has 2 aromatic carbocycles. The average molecular weight is 354 g/mol. The molecular weight excluding hydrogens is 332 g/mol. The first-order chi connectivity index (χ1) is 12.6. The Morgan fingerprint density at radius 1 is 1.00 bits per heavy atom. The number of aromatic nitrogens is 2. The Labute approximate surface area is 152 Å². The zero-order chi connectivity index (χ0) is 18.5. The van der Waals surface area contributed by atoms with Gasteiger partial charge in [0.1, 0.15) is 23.9 Å². The monoisotopic (exact) mass is 354 g/mol. The summed E-state index contributed by atoms with van der Waals surface area (Å²) in [7, 11) is 3.23. The van der Waals surface area contributed by atoms with Crippen molar-refractivity contribution in [3.63, 3.8) is 0 Å². The third kappa shape index (κ3) is 3.96. The zero-order valence-electron chi connectivity index (χ0n) is 15.4. The Kier molecular flexibility index (Phi) is 5.41. The number of methoxy groups -OCH3 is 2. The molecule has 0 saturated heterocycles. The molecular formula is C20H22N2O4. The molecule has 1 heterocycles. The highest BCUT2D eigenvalue weighted by molar-refractivity contribution is 5.84. The Bertz CT molecular complexity index is 896. The molecule has 0 bridgehead atoms. The van der Waals surface area contributed by atoms with Crippen LogP contribution >= 0.6 is 0 Å². The maximum atomic E-state index is 5.80. The molecule has 0 aliphatic carbocycles. The molecule has 26 heavy (non-hydrogen) atoms. The molecule has 3 rings (SSSR count). The largest absolute Gasteiger partial charge is 0.497 e. The minimum absolute atomic E-state index is 0.0825. The second-order valence-electron chi connectivity index (χ2n) is 5.97. The van der Waals surface area contributed by atoms with E-state index in [2.05, 4.69) is 9.97 Å². The van der Waals surface area contributed by atoms with Gasteiger partial charge in [-0.15, -0.1) is 0 Å². The molecule has 0 spiro atoms. The molecule has 6 nitrogen and oxygen atoms in total. The lowest BCUT2D eigenvalue weighted by Crippen LogP contribution is -2.06. The molecule has 0 amide bonds. The van der Waals surface area contributed by atoms with E-state index in [0.717, 1.165) is 28.0 Å². The Balaban J connectivity index is 1.80. The third-order valence-electron chi connectivity index (χ3n) is 3.78. The lowest BCUT2D eigenvalue weighted by Gasteiger charge is -2.13. The molecule has 1 aromatic heterocycles. The van der Waals surface area contributed by atoms with Crippen LogP contribution in [0, 0.1) is 0 Å². The summed E-state index contributed by atoms with van der Waals surface area (Å²) in [5.74, 6) is 2.18. The van der Waals surface area contributed by atoms with Gasteiger partial charge in [-0.25, -0.2) is 4.98 Å². The van der Waals surface area contributed by atoms with Gasteiger partial charge in [0, 0.05) is 17.8 Å². The summed E-state index contributed by atoms with van der Waals surface area (Å²) >= 11 is 0. The van der Waals surface area contributed by atoms with Gasteiger partial charge in [-0.3, -0.25) is 0 Å². The van der Waals surface area contributed by atoms with E-state index in [9.17, 15) is 0 Å². The Hall–Kier alpha value is -3.02. The van der Waals surface area contributed by atoms with Gasteiger partial charge in [-0.1, -0.05) is 6.07 Å². The molecule has 0 aliphatic heterocycles. The van der Waals surface area contributed by atoms with Crippen LogP contribution < -0.4 is 18.9 Å². The summed E-state index contributed by atoms with van der Waals surface area (Å²) in [6.45, 7) is 4.26. The van der Waals surface area contributed by atoms with Gasteiger partial charge in [0.05, 0.1) is 31.2 Å². The van der Waals surface area contributed by atoms with E-state index in [1.165, 1.54) is 0 Å². The summed E-state index contributed by atoms with van der Waals surface area (Å²) < 4.78 is 22.1. The van der Waals surface area contributed by atoms with Crippen molar-refractivity contribution in [2.24, 2.45) is 0 Å². The van der Waals surface area contributed by atoms with Gasteiger partial charge in [0.15, 0.2) is 0 Å². The fraction of sp³-hybridized carbons (Fsp3) is 0.300. The quantitative estimate of drug-likeness (QED) is 0.639. The molecule has 0 N–H and O–H groups in total. The average Bonchev–Trinajstić information content (AvgIpc) is 2.65. The number of hydrogen-bond donors (Lipinski definition) is 0. The third-order valence-corrected chi connectivity index (χ3v) is 3.78. The Morgan fingerprint density at radius 2 is 1.85 bits per heavy atom. The van der Waals surface area contributed by atoms with Crippen molar-refractivity contribution in [1.82, 2.24) is 9.97 Å². The van der Waals surface area contributed by atoms with E-state index in [1.54, 1.807) is 20.4 Å². The fourth-order valence-electron chi connectivity index (χ4n) is 2.55. The van der Waals surface area contributed by atoms with E-state index in [0.29, 0.717) is 18.4 Å². The van der Waals surface area contributed by atoms with Crippen LogP contribution in [-0.4, -0.2) is 30.3 Å². The summed E-state index contributed by atoms with van der Waals surface area (Å²) in [4.78, 5) is 8.77. The standard InChI is InChI=1S/C20H22N2O4/c1-13(2)26-18-7-5-6-17-16(18)11-21-20(22-17)25-12-14-8-9-15(23-3)10-19(14)24-4/h5-11,13H,12H2,1-4H3. The van der Waals surface area contributed by atoms with Crippen LogP contribution in [0.15, 0.2) is 42.6 Å². The number of hydrogen-bond acceptors (Lipinski definition) is 6. The van der Waals surface area contributed by atoms with Crippen LogP contribution in [0.3, 0.4) is 0 Å². The van der Waals surface area contributed by atoms with Gasteiger partial charge in [0.2, 0.25) is 0 Å². The number of nitrogens with zero attached hydrogens (tertiary/aromatic N) is 2. The van der Waals surface area contributed by atoms with Crippen molar-refractivity contribution in [1.29, 1.82) is 0 Å². The van der Waals surface area contributed by atoms with E-state index >= 15 is 0 Å². The lowest BCUT2D eigenvalue weighted by molar-refractivity contribution is 0.245. The highest BCUT2D eigenvalue weighted by Crippen LogP contribution is 2.27. The highest BCUT2D eigenvalue weighted by atomic mass is 16.5. The second-order valence-corrected chi connectivity index (χ2v) is 5.97. The van der Waals surface area contributed by atoms with Gasteiger partial charge in [0.25, 0.3) is 0 Å². The topological polar surface area (TPSA) is 62.7 Å². The molecule has 3 aromatic rings. The van der Waals surface area contributed by atoms with E-state index in [1.807, 2.05) is 50.2 Å². The summed E-state index contributed by atoms with van der Waals surface area (Å²) in [6, 6.07) is 11.6. The van der Waals surface area contributed by atoms with Gasteiger partial charge in [-0.2, -0.15) is 4.98 Å². The van der Waals surface area contributed by atoms with E-state index in [-0.39, 0.29) is 6.10 Å². The zero-order valence-corrected chi connectivity index (χ0v) is 15.4. The molecule has 136 valence electrons. The number of fused-ring (bicyclic) bond motifs is 1. The molecule has 0 fully saturated rings. The normalized spacial score (nSPS) is 10.8. The van der Waals surface area contributed by atoms with E-state index in [4.69, 9.17) is 18.9 Å². The number of benzene rings is 2. The first-order valence-corrected chi connectivity index (χ1v) is 8.37. The summed E-state index contributed by atoms with van der Waals surface area (Å²) in [5, 5.41) is 0.857. The van der Waals surface area contributed by atoms with Crippen LogP contribution in [0.5, 0.6) is 23.3 Å². The summed E-state index contributed by atoms with van der Waals surface area (Å²) in [5.41, 5.74) is 1.66. The van der Waals surface area contributed by atoms with Crippen molar-refractivity contribution in [3.8, 4) is 23.3 Å². The number of rotatable bonds is 7. The first kappa shape index (κ1) is 17.8. The molecule has 0 aliphatic rings. The first-order valence-electron chi connectivity index (χ1n) is 8.37. The summed E-state index contributed by atoms with van der Waals surface area (Å²) in [6.07, 6.45) is 1.81. The van der Waals surface area contributed by atoms with Crippen LogP contribution in [0.1, 0.15) is 19.4 Å². The molecule has 0 radical (unpaired) electrons. The van der Waals surface area contributed by atoms with Crippen molar-refractivity contribution >= 4 is 10.9 Å². The fourth-order valence-corrected chi connectivity index (χ4v) is 2.55. The second kappa shape index (κ2) is 7.91. The minimum atomic E-state index is 0.0825. The Morgan fingerprint density at radius 3 is 2.58 bits per heavy atom. The van der Waals surface area contributed by atoms with Crippen molar-refractivity contribution in [2.45, 2.75) is 26.6 Å². The predicted molar refractivity (Wildman–Crippen MR) is 99.2 cm³/mol. The van der Waals surface area contributed by atoms with Gasteiger partial charge < -0.3 is 18.9 Å². The number of ether oxygens (including phenoxy) is 4. The van der Waals surface area contributed by atoms with Crippen LogP contribution in [-0.2, 0) is 6.61 Å². The van der Waals surface area contributed by atoms with Crippen molar-refractivity contribution in [2.75, 3.05) is 14.2 Å². The van der Waals surface area contributed by atoms with Crippen LogP contribution in [0.2, 0.25) is 0 Å². The molecule has 0 saturated carbocycles. The van der Waals surface area contributed by atoms with Crippen LogP contribution in [0.4, 0.5) is 0 Å². The maximum Gasteiger partial charge on any atom is 0.317 e. The molecule has 6 heteroatoms. The minimum Gasteiger partial charge on any atom is -0.497 e. The van der Waals surface area contributed by atoms with Gasteiger partial charge in [-0.05, 0) is 38.1 Å². The maximum absolute atomic E-state index is 5.80. The molecule has 0 unspecified atom stereocenters. The predicted octanol–water partition coefficient (Wildman–Crippen LogP) is 4.01. The smallest absolute Gasteiger partial charge is 0.317 e. The van der Waals surface area contributed by atoms with Crippen LogP contribution in [0.25, 0.3) is 10.9 Å². The van der Waals surface area contributed by atoms with Gasteiger partial charge >= 0.3 is 6.01 Å². The highest BCUT2D eigenvalue weighted by Gasteiger charge is 2.10.